The molecule has 31 heavy (non-hydrogen) atoms. The second kappa shape index (κ2) is 7.94. The standard InChI is InChI=1S/C22H24F3N3O3/c1-21(2)10-14-4-3-5-17(20(14)31-21)30-13-19(29)27-16-8-9-28(12-16)18-7-6-15(11-26-18)22(23,24)25/h3-7,11,16H,8-10,12-13H2,1-2H3,(H,27,29). The van der Waals surface area contributed by atoms with Gasteiger partial charge in [0.15, 0.2) is 18.1 Å². The lowest BCUT2D eigenvalue weighted by molar-refractivity contribution is -0.137. The van der Waals surface area contributed by atoms with E-state index in [4.69, 9.17) is 9.47 Å². The molecule has 3 heterocycles. The maximum Gasteiger partial charge on any atom is 0.417 e. The lowest BCUT2D eigenvalue weighted by atomic mass is 10.0. The number of alkyl halides is 3. The van der Waals surface area contributed by atoms with Crippen molar-refractivity contribution in [3.63, 3.8) is 0 Å². The summed E-state index contributed by atoms with van der Waals surface area (Å²) in [6.45, 7) is 4.93. The molecule has 1 fully saturated rings. The molecule has 0 saturated carbocycles. The minimum atomic E-state index is -4.41. The van der Waals surface area contributed by atoms with E-state index in [9.17, 15) is 18.0 Å². The molecule has 1 saturated heterocycles. The number of pyridine rings is 1. The summed E-state index contributed by atoms with van der Waals surface area (Å²) >= 11 is 0. The van der Waals surface area contributed by atoms with Gasteiger partial charge in [-0.25, -0.2) is 4.98 Å². The normalized spacial score (nSPS) is 19.6. The molecule has 1 aromatic carbocycles. The van der Waals surface area contributed by atoms with E-state index in [0.717, 1.165) is 24.2 Å². The molecule has 4 rings (SSSR count). The van der Waals surface area contributed by atoms with Gasteiger partial charge in [-0.2, -0.15) is 13.2 Å². The summed E-state index contributed by atoms with van der Waals surface area (Å²) in [7, 11) is 0. The van der Waals surface area contributed by atoms with Crippen molar-refractivity contribution in [1.29, 1.82) is 0 Å². The molecule has 0 bridgehead atoms. The molecule has 0 aliphatic carbocycles. The van der Waals surface area contributed by atoms with E-state index >= 15 is 0 Å². The summed E-state index contributed by atoms with van der Waals surface area (Å²) in [6.07, 6.45) is -2.13. The van der Waals surface area contributed by atoms with Crippen LogP contribution in [0.25, 0.3) is 0 Å². The van der Waals surface area contributed by atoms with Gasteiger partial charge < -0.3 is 19.7 Å². The monoisotopic (exact) mass is 435 g/mol. The Bertz CT molecular complexity index is 961. The van der Waals surface area contributed by atoms with Crippen LogP contribution >= 0.6 is 0 Å². The van der Waals surface area contributed by atoms with Crippen molar-refractivity contribution in [2.24, 2.45) is 0 Å². The maximum absolute atomic E-state index is 12.7. The van der Waals surface area contributed by atoms with Crippen LogP contribution in [0, 0.1) is 0 Å². The highest BCUT2D eigenvalue weighted by molar-refractivity contribution is 5.78. The Hall–Kier alpha value is -2.97. The summed E-state index contributed by atoms with van der Waals surface area (Å²) in [6, 6.07) is 7.89. The molecule has 9 heteroatoms. The fourth-order valence-electron chi connectivity index (χ4n) is 3.94. The number of carbonyl (C=O) groups excluding carboxylic acids is 1. The van der Waals surface area contributed by atoms with Gasteiger partial charge in [-0.05, 0) is 38.5 Å². The van der Waals surface area contributed by atoms with Crippen molar-refractivity contribution in [1.82, 2.24) is 10.3 Å². The number of halogens is 3. The van der Waals surface area contributed by atoms with Gasteiger partial charge in [0.25, 0.3) is 5.91 Å². The zero-order valence-electron chi connectivity index (χ0n) is 17.3. The van der Waals surface area contributed by atoms with E-state index in [1.54, 1.807) is 6.07 Å². The van der Waals surface area contributed by atoms with E-state index in [-0.39, 0.29) is 24.2 Å². The molecule has 2 aromatic rings. The predicted octanol–water partition coefficient (Wildman–Crippen LogP) is 3.59. The average Bonchev–Trinajstić information content (AvgIpc) is 3.28. The summed E-state index contributed by atoms with van der Waals surface area (Å²) in [5.41, 5.74) is -0.0282. The number of ether oxygens (including phenoxy) is 2. The van der Waals surface area contributed by atoms with Crippen LogP contribution in [0.15, 0.2) is 36.5 Å². The van der Waals surface area contributed by atoms with Gasteiger partial charge in [0.05, 0.1) is 5.56 Å². The smallest absolute Gasteiger partial charge is 0.417 e. The number of nitrogens with one attached hydrogen (secondary N) is 1. The van der Waals surface area contributed by atoms with E-state index in [2.05, 4.69) is 10.3 Å². The molecule has 2 aliphatic rings. The van der Waals surface area contributed by atoms with Gasteiger partial charge in [0.1, 0.15) is 11.4 Å². The Labute approximate surface area is 178 Å². The van der Waals surface area contributed by atoms with Gasteiger partial charge in [-0.3, -0.25) is 4.79 Å². The lowest BCUT2D eigenvalue weighted by Gasteiger charge is -2.19. The number of anilines is 1. The van der Waals surface area contributed by atoms with E-state index in [0.29, 0.717) is 36.8 Å². The van der Waals surface area contributed by atoms with E-state index < -0.39 is 11.7 Å². The molecule has 1 N–H and O–H groups in total. The Morgan fingerprint density at radius 1 is 1.32 bits per heavy atom. The van der Waals surface area contributed by atoms with Crippen LogP contribution in [0.4, 0.5) is 19.0 Å². The SMILES string of the molecule is CC1(C)Cc2cccc(OCC(=O)NC3CCN(c4ccc(C(F)(F)F)cn4)C3)c2O1. The highest BCUT2D eigenvalue weighted by Crippen LogP contribution is 2.41. The Morgan fingerprint density at radius 3 is 2.84 bits per heavy atom. The number of nitrogens with zero attached hydrogens (tertiary/aromatic N) is 2. The first-order valence-electron chi connectivity index (χ1n) is 10.1. The van der Waals surface area contributed by atoms with Crippen LogP contribution in [0.3, 0.4) is 0 Å². The van der Waals surface area contributed by atoms with Gasteiger partial charge >= 0.3 is 6.18 Å². The van der Waals surface area contributed by atoms with Crippen molar-refractivity contribution < 1.29 is 27.4 Å². The molecule has 2 aliphatic heterocycles. The second-order valence-electron chi connectivity index (χ2n) is 8.47. The van der Waals surface area contributed by atoms with Crippen LogP contribution in [0.2, 0.25) is 0 Å². The quantitative estimate of drug-likeness (QED) is 0.778. The molecular weight excluding hydrogens is 411 g/mol. The Balaban J connectivity index is 1.29. The zero-order chi connectivity index (χ0) is 22.2. The number of aromatic nitrogens is 1. The number of carbonyl (C=O) groups is 1. The first-order valence-corrected chi connectivity index (χ1v) is 10.1. The highest BCUT2D eigenvalue weighted by Gasteiger charge is 2.33. The molecule has 166 valence electrons. The zero-order valence-corrected chi connectivity index (χ0v) is 17.3. The van der Waals surface area contributed by atoms with Crippen LogP contribution < -0.4 is 19.7 Å². The molecule has 1 atom stereocenters. The topological polar surface area (TPSA) is 63.7 Å². The van der Waals surface area contributed by atoms with Crippen LogP contribution in [0.5, 0.6) is 11.5 Å². The third-order valence-corrected chi connectivity index (χ3v) is 5.37. The Morgan fingerprint density at radius 2 is 2.13 bits per heavy atom. The fourth-order valence-corrected chi connectivity index (χ4v) is 3.94. The number of amides is 1. The number of hydrogen-bond donors (Lipinski definition) is 1. The van der Waals surface area contributed by atoms with Crippen molar-refractivity contribution in [2.75, 3.05) is 24.6 Å². The number of hydrogen-bond acceptors (Lipinski definition) is 5. The first kappa shape index (κ1) is 21.3. The second-order valence-corrected chi connectivity index (χ2v) is 8.47. The Kier molecular flexibility index (Phi) is 5.45. The average molecular weight is 435 g/mol. The molecule has 1 aromatic heterocycles. The molecule has 6 nitrogen and oxygen atoms in total. The maximum atomic E-state index is 12.7. The highest BCUT2D eigenvalue weighted by atomic mass is 19.4. The molecule has 1 unspecified atom stereocenters. The third-order valence-electron chi connectivity index (χ3n) is 5.37. The minimum absolute atomic E-state index is 0.128. The van der Waals surface area contributed by atoms with E-state index in [1.807, 2.05) is 30.9 Å². The third kappa shape index (κ3) is 4.86. The van der Waals surface area contributed by atoms with Crippen molar-refractivity contribution in [2.45, 2.75) is 44.5 Å². The predicted molar refractivity (Wildman–Crippen MR) is 108 cm³/mol. The van der Waals surface area contributed by atoms with Crippen LogP contribution in [-0.4, -0.2) is 42.2 Å². The van der Waals surface area contributed by atoms with Crippen LogP contribution in [-0.2, 0) is 17.4 Å². The molecule has 1 amide bonds. The van der Waals surface area contributed by atoms with Gasteiger partial charge in [0, 0.05) is 37.3 Å². The number of para-hydroxylation sites is 1. The first-order chi connectivity index (χ1) is 14.6. The van der Waals surface area contributed by atoms with Gasteiger partial charge in [0.2, 0.25) is 0 Å². The summed E-state index contributed by atoms with van der Waals surface area (Å²) in [5.74, 6) is 1.42. The molecular formula is C22H24F3N3O3. The largest absolute Gasteiger partial charge is 0.483 e. The van der Waals surface area contributed by atoms with Crippen molar-refractivity contribution >= 4 is 11.7 Å². The summed E-state index contributed by atoms with van der Waals surface area (Å²) in [5, 5.41) is 2.91. The summed E-state index contributed by atoms with van der Waals surface area (Å²) < 4.78 is 49.7. The number of fused-ring (bicyclic) bond motifs is 1. The van der Waals surface area contributed by atoms with Gasteiger partial charge in [-0.15, -0.1) is 0 Å². The van der Waals surface area contributed by atoms with Crippen LogP contribution in [0.1, 0.15) is 31.4 Å². The number of benzene rings is 1. The minimum Gasteiger partial charge on any atom is -0.483 e. The summed E-state index contributed by atoms with van der Waals surface area (Å²) in [4.78, 5) is 18.1. The van der Waals surface area contributed by atoms with E-state index in [1.165, 1.54) is 6.07 Å². The van der Waals surface area contributed by atoms with Crippen molar-refractivity contribution in [3.05, 3.63) is 47.7 Å². The number of rotatable bonds is 5. The fraction of sp³-hybridized carbons (Fsp3) is 0.455. The van der Waals surface area contributed by atoms with Gasteiger partial charge in [-0.1, -0.05) is 12.1 Å². The van der Waals surface area contributed by atoms with Crippen molar-refractivity contribution in [3.8, 4) is 11.5 Å². The lowest BCUT2D eigenvalue weighted by Crippen LogP contribution is -2.39. The molecule has 0 spiro atoms. The molecule has 0 radical (unpaired) electrons.